The number of benzene rings is 2. The average molecular weight is 373 g/mol. The molecule has 0 fully saturated rings. The van der Waals surface area contributed by atoms with Crippen LogP contribution in [0.3, 0.4) is 0 Å². The Balaban J connectivity index is 1.71. The second kappa shape index (κ2) is 7.97. The molecule has 0 saturated carbocycles. The van der Waals surface area contributed by atoms with Crippen LogP contribution in [-0.4, -0.2) is 22.7 Å². The van der Waals surface area contributed by atoms with Gasteiger partial charge < -0.3 is 14.6 Å². The number of hydrogen-bond acceptors (Lipinski definition) is 6. The number of ether oxygens (including phenoxy) is 2. The van der Waals surface area contributed by atoms with Gasteiger partial charge in [0.2, 0.25) is 5.88 Å². The molecule has 1 heterocycles. The van der Waals surface area contributed by atoms with Gasteiger partial charge in [-0.2, -0.15) is 0 Å². The number of halogens is 1. The first-order valence-electron chi connectivity index (χ1n) is 7.92. The van der Waals surface area contributed by atoms with E-state index in [1.165, 1.54) is 6.07 Å². The van der Waals surface area contributed by atoms with E-state index in [4.69, 9.17) is 9.47 Å². The number of aromatic nitrogens is 1. The lowest BCUT2D eigenvalue weighted by Crippen LogP contribution is -2.02. The maximum absolute atomic E-state index is 13.6. The fourth-order valence-electron chi connectivity index (χ4n) is 2.24. The molecule has 0 aliphatic rings. The fourth-order valence-corrected chi connectivity index (χ4v) is 3.09. The quantitative estimate of drug-likeness (QED) is 0.648. The summed E-state index contributed by atoms with van der Waals surface area (Å²) in [6.45, 7) is 2.04. The molecule has 1 N–H and O–H groups in total. The standard InChI is InChI=1S/C19H16FNO4S/c1-2-24-19(23)16-17(22)21-18(26-16)12-7-9-14(10-8-12)25-11-13-5-3-4-6-15(13)20/h3-10,22H,2,11H2,1H3. The minimum absolute atomic E-state index is 0.0710. The number of carbonyl (C=O) groups excluding carboxylic acids is 1. The van der Waals surface area contributed by atoms with E-state index in [2.05, 4.69) is 4.98 Å². The van der Waals surface area contributed by atoms with Gasteiger partial charge in [0.05, 0.1) is 6.61 Å². The summed E-state index contributed by atoms with van der Waals surface area (Å²) in [5.41, 5.74) is 1.19. The number of aromatic hydroxyl groups is 1. The zero-order valence-corrected chi connectivity index (χ0v) is 14.8. The largest absolute Gasteiger partial charge is 0.492 e. The molecule has 0 radical (unpaired) electrons. The molecule has 0 atom stereocenters. The van der Waals surface area contributed by atoms with Gasteiger partial charge >= 0.3 is 5.97 Å². The summed E-state index contributed by atoms with van der Waals surface area (Å²) in [7, 11) is 0. The van der Waals surface area contributed by atoms with Crippen molar-refractivity contribution in [2.45, 2.75) is 13.5 Å². The van der Waals surface area contributed by atoms with Crippen LogP contribution in [0.15, 0.2) is 48.5 Å². The molecule has 2 aromatic carbocycles. The Morgan fingerprint density at radius 3 is 2.62 bits per heavy atom. The third-order valence-corrected chi connectivity index (χ3v) is 4.60. The van der Waals surface area contributed by atoms with Crippen molar-refractivity contribution in [3.05, 3.63) is 64.8 Å². The van der Waals surface area contributed by atoms with Crippen molar-refractivity contribution in [1.29, 1.82) is 0 Å². The number of carbonyl (C=O) groups is 1. The lowest BCUT2D eigenvalue weighted by atomic mass is 10.2. The Kier molecular flexibility index (Phi) is 5.48. The van der Waals surface area contributed by atoms with Crippen molar-refractivity contribution in [1.82, 2.24) is 4.98 Å². The normalized spacial score (nSPS) is 10.5. The Morgan fingerprint density at radius 1 is 1.19 bits per heavy atom. The van der Waals surface area contributed by atoms with Crippen molar-refractivity contribution < 1.29 is 23.8 Å². The molecule has 7 heteroatoms. The van der Waals surface area contributed by atoms with Crippen LogP contribution in [0.5, 0.6) is 11.6 Å². The molecule has 134 valence electrons. The van der Waals surface area contributed by atoms with E-state index >= 15 is 0 Å². The van der Waals surface area contributed by atoms with Crippen LogP contribution < -0.4 is 4.74 Å². The molecule has 3 aromatic rings. The van der Waals surface area contributed by atoms with Crippen LogP contribution in [-0.2, 0) is 11.3 Å². The van der Waals surface area contributed by atoms with Crippen molar-refractivity contribution in [3.8, 4) is 22.2 Å². The van der Waals surface area contributed by atoms with E-state index in [0.717, 1.165) is 16.9 Å². The van der Waals surface area contributed by atoms with Crippen LogP contribution in [0.4, 0.5) is 4.39 Å². The van der Waals surface area contributed by atoms with E-state index in [1.807, 2.05) is 0 Å². The topological polar surface area (TPSA) is 68.7 Å². The number of hydrogen-bond donors (Lipinski definition) is 1. The van der Waals surface area contributed by atoms with E-state index in [0.29, 0.717) is 16.3 Å². The Hall–Kier alpha value is -2.93. The fraction of sp³-hybridized carbons (Fsp3) is 0.158. The summed E-state index contributed by atoms with van der Waals surface area (Å²) >= 11 is 1.05. The summed E-state index contributed by atoms with van der Waals surface area (Å²) in [6.07, 6.45) is 0. The number of nitrogens with zero attached hydrogens (tertiary/aromatic N) is 1. The smallest absolute Gasteiger partial charge is 0.353 e. The van der Waals surface area contributed by atoms with E-state index in [1.54, 1.807) is 49.4 Å². The molecular weight excluding hydrogens is 357 g/mol. The predicted molar refractivity (Wildman–Crippen MR) is 95.9 cm³/mol. The minimum atomic E-state index is -0.599. The highest BCUT2D eigenvalue weighted by atomic mass is 32.1. The molecule has 5 nitrogen and oxygen atoms in total. The number of esters is 1. The third-order valence-electron chi connectivity index (χ3n) is 3.52. The average Bonchev–Trinajstić information content (AvgIpc) is 3.03. The Labute approximate surface area is 153 Å². The number of thiazole rings is 1. The zero-order valence-electron chi connectivity index (χ0n) is 13.9. The molecule has 0 bridgehead atoms. The van der Waals surface area contributed by atoms with E-state index in [9.17, 15) is 14.3 Å². The van der Waals surface area contributed by atoms with Crippen LogP contribution in [0.2, 0.25) is 0 Å². The van der Waals surface area contributed by atoms with Gasteiger partial charge in [-0.3, -0.25) is 0 Å². The van der Waals surface area contributed by atoms with Gasteiger partial charge in [-0.05, 0) is 37.3 Å². The Bertz CT molecular complexity index is 908. The summed E-state index contributed by atoms with van der Waals surface area (Å²) in [6, 6.07) is 13.4. The predicted octanol–water partition coefficient (Wildman–Crippen LogP) is 4.41. The van der Waals surface area contributed by atoms with Crippen LogP contribution in [0.1, 0.15) is 22.2 Å². The highest BCUT2D eigenvalue weighted by Gasteiger charge is 2.19. The minimum Gasteiger partial charge on any atom is -0.492 e. The van der Waals surface area contributed by atoms with Gasteiger partial charge in [0.15, 0.2) is 4.88 Å². The Morgan fingerprint density at radius 2 is 1.92 bits per heavy atom. The summed E-state index contributed by atoms with van der Waals surface area (Å²) < 4.78 is 24.1. The van der Waals surface area contributed by atoms with Gasteiger partial charge in [0, 0.05) is 11.1 Å². The molecule has 26 heavy (non-hydrogen) atoms. The van der Waals surface area contributed by atoms with E-state index < -0.39 is 5.97 Å². The molecule has 0 saturated heterocycles. The van der Waals surface area contributed by atoms with Crippen molar-refractivity contribution >= 4 is 17.3 Å². The highest BCUT2D eigenvalue weighted by molar-refractivity contribution is 7.17. The molecule has 0 aliphatic carbocycles. The highest BCUT2D eigenvalue weighted by Crippen LogP contribution is 2.33. The molecule has 3 rings (SSSR count). The molecule has 0 amide bonds. The summed E-state index contributed by atoms with van der Waals surface area (Å²) in [5, 5.41) is 10.3. The second-order valence-corrected chi connectivity index (χ2v) is 6.30. The van der Waals surface area contributed by atoms with Crippen LogP contribution in [0, 0.1) is 5.82 Å². The molecule has 0 aliphatic heterocycles. The zero-order chi connectivity index (χ0) is 18.5. The lowest BCUT2D eigenvalue weighted by molar-refractivity contribution is 0.0528. The maximum atomic E-state index is 13.6. The first-order valence-corrected chi connectivity index (χ1v) is 8.73. The lowest BCUT2D eigenvalue weighted by Gasteiger charge is -2.07. The first-order chi connectivity index (χ1) is 12.6. The van der Waals surface area contributed by atoms with Gasteiger partial charge in [-0.15, -0.1) is 11.3 Å². The van der Waals surface area contributed by atoms with Gasteiger partial charge in [-0.25, -0.2) is 14.2 Å². The molecule has 1 aromatic heterocycles. The SMILES string of the molecule is CCOC(=O)c1sc(-c2ccc(OCc3ccccc3F)cc2)nc1O. The first kappa shape index (κ1) is 17.9. The van der Waals surface area contributed by atoms with Gasteiger partial charge in [0.25, 0.3) is 0 Å². The van der Waals surface area contributed by atoms with Gasteiger partial charge in [-0.1, -0.05) is 18.2 Å². The van der Waals surface area contributed by atoms with E-state index in [-0.39, 0.29) is 29.8 Å². The molecule has 0 spiro atoms. The second-order valence-electron chi connectivity index (χ2n) is 5.30. The molecule has 0 unspecified atom stereocenters. The summed E-state index contributed by atoms with van der Waals surface area (Å²) in [5.74, 6) is -0.681. The van der Waals surface area contributed by atoms with Crippen LogP contribution >= 0.6 is 11.3 Å². The summed E-state index contributed by atoms with van der Waals surface area (Å²) in [4.78, 5) is 15.8. The van der Waals surface area contributed by atoms with Crippen molar-refractivity contribution in [2.75, 3.05) is 6.61 Å². The van der Waals surface area contributed by atoms with Crippen molar-refractivity contribution in [2.24, 2.45) is 0 Å². The van der Waals surface area contributed by atoms with Crippen molar-refractivity contribution in [3.63, 3.8) is 0 Å². The number of rotatable bonds is 6. The van der Waals surface area contributed by atoms with Crippen LogP contribution in [0.25, 0.3) is 10.6 Å². The monoisotopic (exact) mass is 373 g/mol. The molecular formula is C19H16FNO4S. The third kappa shape index (κ3) is 4.00. The maximum Gasteiger partial charge on any atom is 0.353 e. The van der Waals surface area contributed by atoms with Gasteiger partial charge in [0.1, 0.15) is 23.2 Å².